The lowest BCUT2D eigenvalue weighted by molar-refractivity contribution is -0.123. The molecule has 0 bridgehead atoms. The van der Waals surface area contributed by atoms with Crippen LogP contribution in [0.5, 0.6) is 5.75 Å². The lowest BCUT2D eigenvalue weighted by Crippen LogP contribution is -2.48. The Bertz CT molecular complexity index is 1420. The van der Waals surface area contributed by atoms with Crippen molar-refractivity contribution < 1.29 is 22.7 Å². The first kappa shape index (κ1) is 32.3. The summed E-state index contributed by atoms with van der Waals surface area (Å²) >= 11 is 0. The number of likely N-dealkylation sites (N-methyl/N-ethyl adjacent to an activating group) is 1. The summed E-state index contributed by atoms with van der Waals surface area (Å²) < 4.78 is 54.1. The lowest BCUT2D eigenvalue weighted by atomic mass is 9.82. The molecule has 0 aliphatic carbocycles. The summed E-state index contributed by atoms with van der Waals surface area (Å²) in [6.07, 6.45) is 7.57. The van der Waals surface area contributed by atoms with E-state index in [1.165, 1.54) is 37.0 Å². The number of nitrogens with zero attached hydrogens (tertiary/aromatic N) is 4. The van der Waals surface area contributed by atoms with Crippen LogP contribution in [0.2, 0.25) is 0 Å². The van der Waals surface area contributed by atoms with Crippen molar-refractivity contribution in [3.63, 3.8) is 0 Å². The van der Waals surface area contributed by atoms with Crippen LogP contribution in [0.3, 0.4) is 0 Å². The smallest absolute Gasteiger partial charge is 0.245 e. The molecule has 43 heavy (non-hydrogen) atoms. The van der Waals surface area contributed by atoms with E-state index in [2.05, 4.69) is 16.5 Å². The van der Waals surface area contributed by atoms with Crippen LogP contribution >= 0.6 is 0 Å². The maximum atomic E-state index is 15.8. The van der Waals surface area contributed by atoms with Crippen molar-refractivity contribution in [2.75, 3.05) is 40.3 Å². The van der Waals surface area contributed by atoms with Crippen molar-refractivity contribution in [2.24, 2.45) is 0 Å². The van der Waals surface area contributed by atoms with Crippen LogP contribution in [0.15, 0.2) is 54.9 Å². The van der Waals surface area contributed by atoms with Gasteiger partial charge >= 0.3 is 0 Å². The first-order chi connectivity index (χ1) is 20.4. The van der Waals surface area contributed by atoms with Gasteiger partial charge in [-0.15, -0.1) is 0 Å². The molecule has 1 amide bonds. The molecule has 0 saturated carbocycles. The maximum absolute atomic E-state index is 15.8. The largest absolute Gasteiger partial charge is 0.492 e. The molecule has 2 aromatic carbocycles. The first-order valence-electron chi connectivity index (χ1n) is 14.7. The summed E-state index contributed by atoms with van der Waals surface area (Å²) in [5.41, 5.74) is 1.97. The van der Waals surface area contributed by atoms with Gasteiger partial charge in [-0.05, 0) is 50.8 Å². The molecule has 0 radical (unpaired) electrons. The van der Waals surface area contributed by atoms with Crippen LogP contribution < -0.4 is 10.1 Å². The second kappa shape index (κ2) is 13.8. The number of rotatable bonds is 12. The predicted molar refractivity (Wildman–Crippen MR) is 163 cm³/mol. The summed E-state index contributed by atoms with van der Waals surface area (Å²) in [7, 11) is 3.34. The summed E-state index contributed by atoms with van der Waals surface area (Å²) in [4.78, 5) is 14.9. The topological polar surface area (TPSA) is 62.6 Å². The van der Waals surface area contributed by atoms with Crippen LogP contribution in [0.4, 0.5) is 13.2 Å². The average Bonchev–Trinajstić information content (AvgIpc) is 3.42. The van der Waals surface area contributed by atoms with Crippen molar-refractivity contribution in [3.05, 3.63) is 83.2 Å². The minimum absolute atomic E-state index is 0.0146. The van der Waals surface area contributed by atoms with Gasteiger partial charge < -0.3 is 15.0 Å². The Balaban J connectivity index is 1.57. The van der Waals surface area contributed by atoms with Gasteiger partial charge in [0, 0.05) is 81.8 Å². The molecule has 0 unspecified atom stereocenters. The molecule has 1 aromatic heterocycles. The monoisotopic (exact) mass is 597 g/mol. The number of aromatic nitrogens is 2. The third-order valence-corrected chi connectivity index (χ3v) is 7.54. The average molecular weight is 598 g/mol. The molecule has 0 spiro atoms. The van der Waals surface area contributed by atoms with E-state index in [1.54, 1.807) is 20.2 Å². The summed E-state index contributed by atoms with van der Waals surface area (Å²) in [5.74, 6) is -1.53. The van der Waals surface area contributed by atoms with Gasteiger partial charge in [0.05, 0.1) is 12.2 Å². The number of carbonyl (C=O) groups excluding carboxylic acids is 1. The standard InChI is InChI=1S/C33H42F3N5O2/c1-7-40-20-25(19-38-40)23-10-11-27-24(16-23)15-22(2)41(21-33(3,4)36)32(27)31-28(34)17-26(18-29(31)35)43-14-13-37-12-8-9-30(42)39(5)6/h8-11,16-20,22,32,37H,7,12-15,21H2,1-6H3/b9-8+/t22-,32+/m1/s1. The van der Waals surface area contributed by atoms with Gasteiger partial charge in [0.2, 0.25) is 5.91 Å². The minimum atomic E-state index is -1.57. The molecule has 3 aromatic rings. The third kappa shape index (κ3) is 8.06. The molecule has 1 aliphatic rings. The van der Waals surface area contributed by atoms with Gasteiger partial charge in [-0.2, -0.15) is 5.10 Å². The Labute approximate surface area is 252 Å². The third-order valence-electron chi connectivity index (χ3n) is 7.54. The highest BCUT2D eigenvalue weighted by Gasteiger charge is 2.39. The van der Waals surface area contributed by atoms with Gasteiger partial charge in [-0.1, -0.05) is 24.3 Å². The number of fused-ring (bicyclic) bond motifs is 1. The molecule has 0 saturated heterocycles. The zero-order valence-corrected chi connectivity index (χ0v) is 25.8. The summed E-state index contributed by atoms with van der Waals surface area (Å²) in [6, 6.07) is 7.30. The molecule has 4 rings (SSSR count). The highest BCUT2D eigenvalue weighted by Crippen LogP contribution is 2.43. The highest BCUT2D eigenvalue weighted by atomic mass is 19.1. The van der Waals surface area contributed by atoms with Gasteiger partial charge in [0.1, 0.15) is 29.7 Å². The Morgan fingerprint density at radius 1 is 1.19 bits per heavy atom. The number of carbonyl (C=O) groups is 1. The fraction of sp³-hybridized carbons (Fsp3) is 0.455. The Morgan fingerprint density at radius 3 is 2.53 bits per heavy atom. The molecule has 2 heterocycles. The molecule has 10 heteroatoms. The Hall–Kier alpha value is -3.63. The number of hydrogen-bond acceptors (Lipinski definition) is 5. The molecule has 0 fully saturated rings. The minimum Gasteiger partial charge on any atom is -0.492 e. The summed E-state index contributed by atoms with van der Waals surface area (Å²) in [6.45, 7) is 8.76. The van der Waals surface area contributed by atoms with Crippen LogP contribution in [0.1, 0.15) is 50.4 Å². The van der Waals surface area contributed by atoms with E-state index in [4.69, 9.17) is 4.74 Å². The van der Waals surface area contributed by atoms with Crippen LogP contribution in [0.25, 0.3) is 11.1 Å². The van der Waals surface area contributed by atoms with Gasteiger partial charge in [-0.3, -0.25) is 14.4 Å². The number of alkyl halides is 1. The van der Waals surface area contributed by atoms with Crippen molar-refractivity contribution in [1.29, 1.82) is 0 Å². The molecule has 1 aliphatic heterocycles. The quantitative estimate of drug-likeness (QED) is 0.219. The van der Waals surface area contributed by atoms with E-state index in [0.29, 0.717) is 19.5 Å². The molecular weight excluding hydrogens is 555 g/mol. The highest BCUT2D eigenvalue weighted by molar-refractivity contribution is 5.87. The number of benzene rings is 2. The molecule has 232 valence electrons. The Kier molecular flexibility index (Phi) is 10.3. The SMILES string of the molecule is CCn1cc(-c2ccc3c(c2)C[C@@H](C)N(CC(C)(C)F)[C@@H]3c2c(F)cc(OCCNC/C=C/C(=O)N(C)C)cc2F)cn1. The second-order valence-electron chi connectivity index (χ2n) is 11.8. The van der Waals surface area contributed by atoms with Gasteiger partial charge in [0.25, 0.3) is 0 Å². The van der Waals surface area contributed by atoms with E-state index < -0.39 is 23.3 Å². The second-order valence-corrected chi connectivity index (χ2v) is 11.8. The normalized spacial score (nSPS) is 17.3. The Morgan fingerprint density at radius 2 is 1.91 bits per heavy atom. The van der Waals surface area contributed by atoms with E-state index in [-0.39, 0.29) is 36.4 Å². The van der Waals surface area contributed by atoms with Crippen LogP contribution in [-0.2, 0) is 17.8 Å². The van der Waals surface area contributed by atoms with Crippen LogP contribution in [-0.4, -0.2) is 77.5 Å². The number of nitrogens with one attached hydrogen (secondary N) is 1. The zero-order chi connectivity index (χ0) is 31.3. The number of ether oxygens (including phenoxy) is 1. The lowest BCUT2D eigenvalue weighted by Gasteiger charge is -2.44. The van der Waals surface area contributed by atoms with Crippen molar-refractivity contribution in [2.45, 2.75) is 58.4 Å². The molecule has 2 atom stereocenters. The first-order valence-corrected chi connectivity index (χ1v) is 14.7. The van der Waals surface area contributed by atoms with Crippen LogP contribution in [0, 0.1) is 11.6 Å². The predicted octanol–water partition coefficient (Wildman–Crippen LogP) is 5.55. The maximum Gasteiger partial charge on any atom is 0.245 e. The zero-order valence-electron chi connectivity index (χ0n) is 25.8. The van der Waals surface area contributed by atoms with E-state index >= 15 is 13.2 Å². The van der Waals surface area contributed by atoms with Crippen molar-refractivity contribution in [3.8, 4) is 16.9 Å². The molecular formula is C33H42F3N5O2. The van der Waals surface area contributed by atoms with E-state index in [1.807, 2.05) is 48.0 Å². The number of amides is 1. The summed E-state index contributed by atoms with van der Waals surface area (Å²) in [5, 5.41) is 7.46. The fourth-order valence-electron chi connectivity index (χ4n) is 5.43. The van der Waals surface area contributed by atoms with E-state index in [9.17, 15) is 4.79 Å². The van der Waals surface area contributed by atoms with Crippen molar-refractivity contribution >= 4 is 5.91 Å². The molecule has 7 nitrogen and oxygen atoms in total. The number of halogens is 3. The van der Waals surface area contributed by atoms with Gasteiger partial charge in [-0.25, -0.2) is 13.2 Å². The van der Waals surface area contributed by atoms with Crippen molar-refractivity contribution in [1.82, 2.24) is 24.9 Å². The fourth-order valence-corrected chi connectivity index (χ4v) is 5.43. The van der Waals surface area contributed by atoms with Gasteiger partial charge in [0.15, 0.2) is 0 Å². The number of hydrogen-bond donors (Lipinski definition) is 1. The van der Waals surface area contributed by atoms with E-state index in [0.717, 1.165) is 28.8 Å². The number of aryl methyl sites for hydroxylation is 1. The molecule has 1 N–H and O–H groups in total.